The Morgan fingerprint density at radius 2 is 0.708 bits per heavy atom. The normalized spacial score (nSPS) is 10.5. The van der Waals surface area contributed by atoms with Crippen molar-refractivity contribution in [3.8, 4) is 33.9 Å². The molecular formula is C20H14N4. The third-order valence-corrected chi connectivity index (χ3v) is 3.70. The first-order valence-corrected chi connectivity index (χ1v) is 7.65. The highest BCUT2D eigenvalue weighted by atomic mass is 14.9. The summed E-state index contributed by atoms with van der Waals surface area (Å²) in [5.41, 5.74) is 3.79. The number of nitrogens with zero attached hydrogens (tertiary/aromatic N) is 4. The number of aromatic nitrogens is 4. The van der Waals surface area contributed by atoms with Crippen molar-refractivity contribution in [2.45, 2.75) is 0 Å². The molecule has 0 saturated heterocycles. The number of rotatable bonds is 3. The minimum Gasteiger partial charge on any atom is -0.236 e. The van der Waals surface area contributed by atoms with E-state index >= 15 is 0 Å². The van der Waals surface area contributed by atoms with Gasteiger partial charge in [0.15, 0.2) is 11.6 Å². The molecule has 2 aromatic heterocycles. The molecule has 0 amide bonds. The minimum absolute atomic E-state index is 0.709. The van der Waals surface area contributed by atoms with Gasteiger partial charge in [0.2, 0.25) is 0 Å². The first-order valence-electron chi connectivity index (χ1n) is 7.65. The number of hydrogen-bond donors (Lipinski definition) is 0. The third kappa shape index (κ3) is 2.90. The molecule has 4 nitrogen and oxygen atoms in total. The van der Waals surface area contributed by atoms with Gasteiger partial charge in [0.05, 0.1) is 0 Å². The second-order valence-corrected chi connectivity index (χ2v) is 5.32. The van der Waals surface area contributed by atoms with Gasteiger partial charge in [-0.2, -0.15) is 0 Å². The fourth-order valence-corrected chi connectivity index (χ4v) is 2.43. The van der Waals surface area contributed by atoms with Crippen LogP contribution in [0, 0.1) is 0 Å². The molecular weight excluding hydrogens is 296 g/mol. The largest absolute Gasteiger partial charge is 0.236 e. The summed E-state index contributed by atoms with van der Waals surface area (Å²) >= 11 is 0. The second kappa shape index (κ2) is 6.38. The first kappa shape index (κ1) is 14.2. The molecule has 0 aliphatic carbocycles. The summed E-state index contributed by atoms with van der Waals surface area (Å²) in [5.74, 6) is 1.42. The third-order valence-electron chi connectivity index (χ3n) is 3.70. The maximum atomic E-state index is 4.44. The van der Waals surface area contributed by atoms with Gasteiger partial charge in [0.1, 0.15) is 0 Å². The Morgan fingerprint density at radius 1 is 0.375 bits per heavy atom. The van der Waals surface area contributed by atoms with Gasteiger partial charge in [-0.25, -0.2) is 19.9 Å². The van der Waals surface area contributed by atoms with Crippen molar-refractivity contribution in [1.29, 1.82) is 0 Å². The highest BCUT2D eigenvalue weighted by molar-refractivity contribution is 5.64. The van der Waals surface area contributed by atoms with Crippen LogP contribution in [0.1, 0.15) is 0 Å². The molecule has 0 spiro atoms. The van der Waals surface area contributed by atoms with E-state index in [-0.39, 0.29) is 0 Å². The van der Waals surface area contributed by atoms with Gasteiger partial charge in [-0.05, 0) is 0 Å². The molecule has 0 N–H and O–H groups in total. The summed E-state index contributed by atoms with van der Waals surface area (Å²) in [4.78, 5) is 17.8. The van der Waals surface area contributed by atoms with Crippen LogP contribution in [0.15, 0.2) is 85.5 Å². The molecule has 24 heavy (non-hydrogen) atoms. The Bertz CT molecular complexity index is 838. The van der Waals surface area contributed by atoms with Crippen LogP contribution in [0.5, 0.6) is 0 Å². The molecule has 4 aromatic rings. The summed E-state index contributed by atoms with van der Waals surface area (Å²) in [7, 11) is 0. The van der Waals surface area contributed by atoms with Crippen molar-refractivity contribution in [1.82, 2.24) is 19.9 Å². The lowest BCUT2D eigenvalue weighted by atomic mass is 10.1. The molecule has 0 aliphatic rings. The minimum atomic E-state index is 0.709. The van der Waals surface area contributed by atoms with E-state index in [2.05, 4.69) is 19.9 Å². The highest BCUT2D eigenvalue weighted by Gasteiger charge is 2.05. The van der Waals surface area contributed by atoms with Crippen molar-refractivity contribution < 1.29 is 0 Å². The summed E-state index contributed by atoms with van der Waals surface area (Å²) in [5, 5.41) is 0. The predicted octanol–water partition coefficient (Wildman–Crippen LogP) is 4.27. The molecule has 0 atom stereocenters. The maximum absolute atomic E-state index is 4.44. The second-order valence-electron chi connectivity index (χ2n) is 5.32. The van der Waals surface area contributed by atoms with E-state index in [4.69, 9.17) is 0 Å². The maximum Gasteiger partial charge on any atom is 0.159 e. The van der Waals surface area contributed by atoms with Crippen molar-refractivity contribution in [3.63, 3.8) is 0 Å². The lowest BCUT2D eigenvalue weighted by molar-refractivity contribution is 1.15. The number of benzene rings is 2. The Morgan fingerprint density at radius 3 is 1.04 bits per heavy atom. The molecule has 0 fully saturated rings. The van der Waals surface area contributed by atoms with E-state index in [1.807, 2.05) is 60.7 Å². The Hall–Kier alpha value is -3.40. The van der Waals surface area contributed by atoms with Gasteiger partial charge in [-0.15, -0.1) is 0 Å². The lowest BCUT2D eigenvalue weighted by Gasteiger charge is -2.04. The smallest absolute Gasteiger partial charge is 0.159 e. The van der Waals surface area contributed by atoms with Crippen molar-refractivity contribution >= 4 is 0 Å². The zero-order valence-corrected chi connectivity index (χ0v) is 12.9. The SMILES string of the molecule is c1ccc(-c2ncc(-c3cnc(-c4ccccc4)nc3)cn2)cc1. The van der Waals surface area contributed by atoms with E-state index in [0.717, 1.165) is 22.3 Å². The topological polar surface area (TPSA) is 51.6 Å². The number of hydrogen-bond acceptors (Lipinski definition) is 4. The molecule has 2 heterocycles. The summed E-state index contributed by atoms with van der Waals surface area (Å²) < 4.78 is 0. The van der Waals surface area contributed by atoms with E-state index in [1.165, 1.54) is 0 Å². The van der Waals surface area contributed by atoms with Crippen molar-refractivity contribution in [2.24, 2.45) is 0 Å². The molecule has 0 bridgehead atoms. The van der Waals surface area contributed by atoms with Gasteiger partial charge >= 0.3 is 0 Å². The fraction of sp³-hybridized carbons (Fsp3) is 0. The zero-order valence-electron chi connectivity index (χ0n) is 12.9. The van der Waals surface area contributed by atoms with Gasteiger partial charge in [-0.1, -0.05) is 60.7 Å². The molecule has 4 heteroatoms. The summed E-state index contributed by atoms with van der Waals surface area (Å²) in [6.07, 6.45) is 7.21. The van der Waals surface area contributed by atoms with Gasteiger partial charge in [0, 0.05) is 47.0 Å². The van der Waals surface area contributed by atoms with Crippen molar-refractivity contribution in [2.75, 3.05) is 0 Å². The summed E-state index contributed by atoms with van der Waals surface area (Å²) in [6.45, 7) is 0. The average molecular weight is 310 g/mol. The Labute approximate surface area is 139 Å². The Kier molecular flexibility index (Phi) is 3.78. The predicted molar refractivity (Wildman–Crippen MR) is 93.9 cm³/mol. The van der Waals surface area contributed by atoms with Crippen LogP contribution in [0.4, 0.5) is 0 Å². The van der Waals surface area contributed by atoms with E-state index < -0.39 is 0 Å². The molecule has 114 valence electrons. The molecule has 0 saturated carbocycles. The molecule has 0 aliphatic heterocycles. The molecule has 0 unspecified atom stereocenters. The Balaban J connectivity index is 1.60. The van der Waals surface area contributed by atoms with E-state index in [9.17, 15) is 0 Å². The van der Waals surface area contributed by atoms with Gasteiger partial charge in [-0.3, -0.25) is 0 Å². The molecule has 0 radical (unpaired) electrons. The molecule has 2 aromatic carbocycles. The van der Waals surface area contributed by atoms with E-state index in [0.29, 0.717) is 11.6 Å². The zero-order chi connectivity index (χ0) is 16.2. The van der Waals surface area contributed by atoms with Crippen LogP contribution in [-0.2, 0) is 0 Å². The van der Waals surface area contributed by atoms with Gasteiger partial charge < -0.3 is 0 Å². The molecule has 4 rings (SSSR count). The van der Waals surface area contributed by atoms with Crippen LogP contribution < -0.4 is 0 Å². The summed E-state index contributed by atoms with van der Waals surface area (Å²) in [6, 6.07) is 19.8. The first-order chi connectivity index (χ1) is 11.9. The average Bonchev–Trinajstić information content (AvgIpc) is 2.70. The lowest BCUT2D eigenvalue weighted by Crippen LogP contribution is -1.92. The van der Waals surface area contributed by atoms with Crippen molar-refractivity contribution in [3.05, 3.63) is 85.5 Å². The van der Waals surface area contributed by atoms with Crippen LogP contribution in [-0.4, -0.2) is 19.9 Å². The van der Waals surface area contributed by atoms with Crippen LogP contribution >= 0.6 is 0 Å². The van der Waals surface area contributed by atoms with Crippen LogP contribution in [0.2, 0.25) is 0 Å². The van der Waals surface area contributed by atoms with Crippen LogP contribution in [0.3, 0.4) is 0 Å². The quantitative estimate of drug-likeness (QED) is 0.567. The monoisotopic (exact) mass is 310 g/mol. The van der Waals surface area contributed by atoms with Gasteiger partial charge in [0.25, 0.3) is 0 Å². The fourth-order valence-electron chi connectivity index (χ4n) is 2.43. The highest BCUT2D eigenvalue weighted by Crippen LogP contribution is 2.21. The standard InChI is InChI=1S/C20H14N4/c1-3-7-15(8-4-1)19-21-11-17(12-22-19)18-13-23-20(24-14-18)16-9-5-2-6-10-16/h1-14H. The van der Waals surface area contributed by atoms with E-state index in [1.54, 1.807) is 24.8 Å². The van der Waals surface area contributed by atoms with Crippen LogP contribution in [0.25, 0.3) is 33.9 Å².